The molecule has 0 saturated carbocycles. The van der Waals surface area contributed by atoms with Crippen molar-refractivity contribution < 1.29 is 28.2 Å². The van der Waals surface area contributed by atoms with Gasteiger partial charge in [-0.3, -0.25) is 14.6 Å². The van der Waals surface area contributed by atoms with E-state index in [1.54, 1.807) is 19.2 Å². The molecule has 0 radical (unpaired) electrons. The molecule has 0 fully saturated rings. The number of halogens is 2. The van der Waals surface area contributed by atoms with Crippen LogP contribution in [-0.4, -0.2) is 52.4 Å². The van der Waals surface area contributed by atoms with Crippen LogP contribution < -0.4 is 10.6 Å². The maximum Gasteiger partial charge on any atom is 0.328 e. The van der Waals surface area contributed by atoms with Gasteiger partial charge in [0.2, 0.25) is 0 Å². The first kappa shape index (κ1) is 31.6. The first-order chi connectivity index (χ1) is 21.8. The van der Waals surface area contributed by atoms with Gasteiger partial charge in [0.1, 0.15) is 11.7 Å². The number of hydrogen-bond acceptors (Lipinski definition) is 8. The number of fused-ring (bicyclic) bond motifs is 4. The monoisotopic (exact) mass is 633 g/mol. The van der Waals surface area contributed by atoms with Crippen LogP contribution in [0, 0.1) is 5.82 Å². The van der Waals surface area contributed by atoms with Crippen LogP contribution in [0.15, 0.2) is 67.1 Å². The molecular formula is C33H33ClFN5O5. The minimum Gasteiger partial charge on any atom is -0.469 e. The quantitative estimate of drug-likeness (QED) is 0.244. The number of pyridine rings is 1. The van der Waals surface area contributed by atoms with Crippen molar-refractivity contribution in [3.8, 4) is 16.8 Å². The molecule has 3 heterocycles. The van der Waals surface area contributed by atoms with E-state index in [1.807, 2.05) is 30.3 Å². The summed E-state index contributed by atoms with van der Waals surface area (Å²) in [4.78, 5) is 43.0. The fourth-order valence-electron chi connectivity index (χ4n) is 5.27. The maximum atomic E-state index is 14.6. The minimum atomic E-state index is -0.636. The number of amides is 1. The highest BCUT2D eigenvalue weighted by atomic mass is 35.5. The molecule has 10 nitrogen and oxygen atoms in total. The Morgan fingerprint density at radius 3 is 2.76 bits per heavy atom. The summed E-state index contributed by atoms with van der Waals surface area (Å²) in [5, 5.41) is 10.6. The molecule has 2 N–H and O–H groups in total. The van der Waals surface area contributed by atoms with Gasteiger partial charge < -0.3 is 20.1 Å². The average molecular weight is 634 g/mol. The van der Waals surface area contributed by atoms with E-state index in [1.165, 1.54) is 36.3 Å². The first-order valence-corrected chi connectivity index (χ1v) is 15.0. The van der Waals surface area contributed by atoms with E-state index >= 15 is 0 Å². The van der Waals surface area contributed by atoms with Crippen LogP contribution in [0.25, 0.3) is 16.8 Å². The number of ether oxygens (including phenoxy) is 2. The Morgan fingerprint density at radius 1 is 1.13 bits per heavy atom. The van der Waals surface area contributed by atoms with Crippen LogP contribution in [0.4, 0.5) is 10.1 Å². The SMILES string of the molecule is CCOC(=O)[C@H]1CCCC[C@H](NC(=O)c2cnn(-c3cccc(Cl)c3F)c2)c2cc(ccn2)-c2ccc(CC(=O)OC)cc2N1. The Morgan fingerprint density at radius 2 is 1.96 bits per heavy atom. The van der Waals surface area contributed by atoms with Crippen LogP contribution in [0.2, 0.25) is 5.02 Å². The summed E-state index contributed by atoms with van der Waals surface area (Å²) >= 11 is 5.93. The fourth-order valence-corrected chi connectivity index (χ4v) is 5.44. The van der Waals surface area contributed by atoms with E-state index in [2.05, 4.69) is 20.7 Å². The zero-order valence-electron chi connectivity index (χ0n) is 24.9. The highest BCUT2D eigenvalue weighted by Crippen LogP contribution is 2.33. The van der Waals surface area contributed by atoms with Crippen LogP contribution in [-0.2, 0) is 25.5 Å². The van der Waals surface area contributed by atoms with E-state index in [0.717, 1.165) is 16.7 Å². The number of aromatic nitrogens is 3. The normalized spacial score (nSPS) is 16.3. The smallest absolute Gasteiger partial charge is 0.328 e. The van der Waals surface area contributed by atoms with Crippen molar-refractivity contribution in [2.24, 2.45) is 0 Å². The second-order valence-electron chi connectivity index (χ2n) is 10.6. The summed E-state index contributed by atoms with van der Waals surface area (Å²) < 4.78 is 26.0. The lowest BCUT2D eigenvalue weighted by Gasteiger charge is -2.24. The third-order valence-corrected chi connectivity index (χ3v) is 7.87. The maximum absolute atomic E-state index is 14.6. The average Bonchev–Trinajstić information content (AvgIpc) is 3.53. The minimum absolute atomic E-state index is 0.0464. The molecule has 2 bridgehead atoms. The zero-order chi connectivity index (χ0) is 31.9. The number of anilines is 1. The van der Waals surface area contributed by atoms with Gasteiger partial charge >= 0.3 is 11.9 Å². The number of methoxy groups -OCH3 is 1. The molecule has 2 aromatic carbocycles. The Bertz CT molecular complexity index is 1710. The van der Waals surface area contributed by atoms with Gasteiger partial charge in [0, 0.05) is 23.6 Å². The number of nitrogens with zero attached hydrogens (tertiary/aromatic N) is 3. The molecule has 2 atom stereocenters. The molecule has 12 heteroatoms. The number of rotatable bonds is 7. The van der Waals surface area contributed by atoms with Gasteiger partial charge in [-0.05, 0) is 61.2 Å². The number of carbonyl (C=O) groups is 3. The summed E-state index contributed by atoms with van der Waals surface area (Å²) in [5.74, 6) is -1.78. The molecule has 1 aliphatic rings. The van der Waals surface area contributed by atoms with E-state index in [-0.39, 0.29) is 41.2 Å². The number of carbonyl (C=O) groups excluding carboxylic acids is 3. The summed E-state index contributed by atoms with van der Waals surface area (Å²) in [5.41, 5.74) is 4.00. The lowest BCUT2D eigenvalue weighted by atomic mass is 9.95. The van der Waals surface area contributed by atoms with Gasteiger partial charge in [0.05, 0.1) is 48.7 Å². The second kappa shape index (κ2) is 14.3. The molecule has 2 aromatic heterocycles. The van der Waals surface area contributed by atoms with Crippen LogP contribution in [0.5, 0.6) is 0 Å². The number of hydrogen-bond donors (Lipinski definition) is 2. The molecule has 45 heavy (non-hydrogen) atoms. The lowest BCUT2D eigenvalue weighted by molar-refractivity contribution is -0.144. The van der Waals surface area contributed by atoms with Crippen molar-refractivity contribution in [2.75, 3.05) is 19.0 Å². The summed E-state index contributed by atoms with van der Waals surface area (Å²) in [7, 11) is 1.34. The van der Waals surface area contributed by atoms with Gasteiger partial charge in [-0.1, -0.05) is 42.6 Å². The topological polar surface area (TPSA) is 124 Å². The van der Waals surface area contributed by atoms with Gasteiger partial charge in [-0.15, -0.1) is 0 Å². The molecule has 0 saturated heterocycles. The third kappa shape index (κ3) is 7.49. The third-order valence-electron chi connectivity index (χ3n) is 7.57. The molecule has 0 unspecified atom stereocenters. The molecular weight excluding hydrogens is 601 g/mol. The summed E-state index contributed by atoms with van der Waals surface area (Å²) in [6.45, 7) is 2.01. The van der Waals surface area contributed by atoms with E-state index in [4.69, 9.17) is 21.1 Å². The van der Waals surface area contributed by atoms with Crippen molar-refractivity contribution in [2.45, 2.75) is 51.1 Å². The van der Waals surface area contributed by atoms with Gasteiger partial charge in [-0.25, -0.2) is 13.9 Å². The van der Waals surface area contributed by atoms with Crippen molar-refractivity contribution in [1.82, 2.24) is 20.1 Å². The molecule has 0 spiro atoms. The van der Waals surface area contributed by atoms with Crippen LogP contribution in [0.1, 0.15) is 60.3 Å². The number of esters is 2. The number of benzene rings is 2. The van der Waals surface area contributed by atoms with Crippen molar-refractivity contribution in [3.05, 3.63) is 94.8 Å². The standard InChI is InChI=1S/C33H33ClFN5O5/c1-3-45-33(43)26-9-5-4-8-25(39-32(42)22-18-37-40(19-22)29-10-6-7-24(34)31(29)35)28-17-21(13-14-36-28)23-12-11-20(15-27(23)38-26)16-30(41)44-2/h6-7,10-15,17-19,25-26,38H,3-5,8-9,16H2,1-2H3,(H,39,42)/t25-,26+/m0/s1. The van der Waals surface area contributed by atoms with E-state index in [0.29, 0.717) is 37.1 Å². The van der Waals surface area contributed by atoms with Crippen LogP contribution in [0.3, 0.4) is 0 Å². The predicted molar refractivity (Wildman–Crippen MR) is 167 cm³/mol. The first-order valence-electron chi connectivity index (χ1n) is 14.7. The Kier molecular flexibility index (Phi) is 10.1. The molecule has 1 amide bonds. The zero-order valence-corrected chi connectivity index (χ0v) is 25.6. The van der Waals surface area contributed by atoms with Crippen molar-refractivity contribution in [1.29, 1.82) is 0 Å². The molecule has 234 valence electrons. The van der Waals surface area contributed by atoms with Gasteiger partial charge in [-0.2, -0.15) is 5.10 Å². The fraction of sp³-hybridized carbons (Fsp3) is 0.303. The second-order valence-corrected chi connectivity index (χ2v) is 11.0. The molecule has 1 aliphatic heterocycles. The van der Waals surface area contributed by atoms with E-state index in [9.17, 15) is 18.8 Å². The molecule has 4 aromatic rings. The van der Waals surface area contributed by atoms with Crippen LogP contribution >= 0.6 is 11.6 Å². The molecule has 5 rings (SSSR count). The van der Waals surface area contributed by atoms with Crippen molar-refractivity contribution >= 4 is 35.1 Å². The lowest BCUT2D eigenvalue weighted by Crippen LogP contribution is -2.32. The Hall–Kier alpha value is -4.77. The highest BCUT2D eigenvalue weighted by molar-refractivity contribution is 6.30. The van der Waals surface area contributed by atoms with Gasteiger partial charge in [0.15, 0.2) is 5.82 Å². The Balaban J connectivity index is 1.46. The van der Waals surface area contributed by atoms with E-state index < -0.39 is 23.8 Å². The molecule has 0 aliphatic carbocycles. The van der Waals surface area contributed by atoms with Gasteiger partial charge in [0.25, 0.3) is 5.91 Å². The summed E-state index contributed by atoms with van der Waals surface area (Å²) in [6.07, 6.45) is 6.94. The highest BCUT2D eigenvalue weighted by Gasteiger charge is 2.25. The largest absolute Gasteiger partial charge is 0.469 e. The summed E-state index contributed by atoms with van der Waals surface area (Å²) in [6, 6.07) is 12.8. The Labute approximate surface area is 264 Å². The number of nitrogens with one attached hydrogen (secondary N) is 2. The predicted octanol–water partition coefficient (Wildman–Crippen LogP) is 5.83. The van der Waals surface area contributed by atoms with Crippen molar-refractivity contribution in [3.63, 3.8) is 0 Å².